The van der Waals surface area contributed by atoms with Gasteiger partial charge >= 0.3 is 0 Å². The van der Waals surface area contributed by atoms with E-state index >= 15 is 0 Å². The molecule has 0 radical (unpaired) electrons. The molecule has 0 aliphatic rings. The van der Waals surface area contributed by atoms with E-state index in [4.69, 9.17) is 18.6 Å². The van der Waals surface area contributed by atoms with Crippen LogP contribution in [0, 0.1) is 0 Å². The molecule has 1 unspecified atom stereocenters. The highest BCUT2D eigenvalue weighted by atomic mass is 28.4. The number of rotatable bonds is 12. The van der Waals surface area contributed by atoms with E-state index in [9.17, 15) is 5.11 Å². The Morgan fingerprint density at radius 3 is 1.89 bits per heavy atom. The van der Waals surface area contributed by atoms with E-state index in [0.717, 1.165) is 5.56 Å². The van der Waals surface area contributed by atoms with Crippen molar-refractivity contribution in [2.24, 2.45) is 0 Å². The minimum absolute atomic E-state index is 0.243. The average Bonchev–Trinajstić information content (AvgIpc) is 2.61. The van der Waals surface area contributed by atoms with Gasteiger partial charge in [0.25, 0.3) is 0 Å². The van der Waals surface area contributed by atoms with E-state index in [-0.39, 0.29) is 6.61 Å². The lowest BCUT2D eigenvalue weighted by Crippen LogP contribution is -2.49. The normalized spacial score (nSPS) is 13.5. The predicted octanol–water partition coefficient (Wildman–Crippen LogP) is 4.77. The first-order valence-electron chi connectivity index (χ1n) is 9.79. The van der Waals surface area contributed by atoms with E-state index in [0.29, 0.717) is 41.3 Å². The second-order valence-corrected chi connectivity index (χ2v) is 13.4. The molecule has 0 aliphatic carbocycles. The Bertz CT molecular complexity index is 538. The molecule has 156 valence electrons. The average molecular weight is 399 g/mol. The zero-order valence-corrected chi connectivity index (χ0v) is 19.2. The summed E-state index contributed by atoms with van der Waals surface area (Å²) in [6.07, 6.45) is -0.631. The van der Waals surface area contributed by atoms with Crippen LogP contribution in [0.15, 0.2) is 18.2 Å². The van der Waals surface area contributed by atoms with Crippen molar-refractivity contribution in [3.63, 3.8) is 0 Å². The van der Waals surface area contributed by atoms with E-state index < -0.39 is 14.4 Å². The fourth-order valence-electron chi connectivity index (χ4n) is 4.07. The minimum atomic E-state index is -1.96. The first-order valence-corrected chi connectivity index (χ1v) is 11.9. The highest BCUT2D eigenvalue weighted by Crippen LogP contribution is 2.42. The van der Waals surface area contributed by atoms with Gasteiger partial charge in [0.1, 0.15) is 0 Å². The molecule has 0 bridgehead atoms. The second kappa shape index (κ2) is 11.0. The minimum Gasteiger partial charge on any atom is -0.493 e. The highest BCUT2D eigenvalue weighted by Gasteiger charge is 2.45. The van der Waals surface area contributed by atoms with Crippen molar-refractivity contribution < 1.29 is 23.7 Å². The molecule has 1 aromatic rings. The fraction of sp³-hybridized carbons (Fsp3) is 0.714. The second-order valence-electron chi connectivity index (χ2n) is 7.99. The fourth-order valence-corrected chi connectivity index (χ4v) is 9.55. The monoisotopic (exact) mass is 398 g/mol. The first-order chi connectivity index (χ1) is 12.7. The Morgan fingerprint density at radius 2 is 1.41 bits per heavy atom. The van der Waals surface area contributed by atoms with Crippen LogP contribution in [0.2, 0.25) is 16.6 Å². The van der Waals surface area contributed by atoms with Gasteiger partial charge in [0.05, 0.1) is 40.1 Å². The van der Waals surface area contributed by atoms with Crippen molar-refractivity contribution in [3.8, 4) is 11.5 Å². The van der Waals surface area contributed by atoms with Gasteiger partial charge in [-0.3, -0.25) is 0 Å². The number of aliphatic hydroxyl groups is 1. The van der Waals surface area contributed by atoms with Crippen molar-refractivity contribution in [1.29, 1.82) is 0 Å². The molecule has 27 heavy (non-hydrogen) atoms. The number of hydrogen-bond donors (Lipinski definition) is 1. The van der Waals surface area contributed by atoms with Gasteiger partial charge in [-0.2, -0.15) is 0 Å². The first kappa shape index (κ1) is 24.0. The van der Waals surface area contributed by atoms with E-state index in [1.165, 1.54) is 0 Å². The van der Waals surface area contributed by atoms with Crippen LogP contribution in [0.3, 0.4) is 0 Å². The van der Waals surface area contributed by atoms with Crippen LogP contribution in [-0.4, -0.2) is 47.0 Å². The molecule has 1 N–H and O–H groups in total. The summed E-state index contributed by atoms with van der Waals surface area (Å²) < 4.78 is 22.6. The summed E-state index contributed by atoms with van der Waals surface area (Å²) in [5.41, 5.74) is 2.46. The van der Waals surface area contributed by atoms with Gasteiger partial charge in [0.15, 0.2) is 19.8 Å². The number of ether oxygens (including phenoxy) is 3. The molecule has 1 atom stereocenters. The van der Waals surface area contributed by atoms with E-state index in [1.807, 2.05) is 18.2 Å². The molecule has 0 aliphatic heterocycles. The number of hydrogen-bond acceptors (Lipinski definition) is 5. The standard InChI is InChI=1S/C21H38O5Si/c1-15(2)27(16(3)4,17(5)6)26-14-19(22)13-25-12-18-9-10-20(23-7)21(11-18)24-8/h9-11,15-17,19,22H,12-14H2,1-8H3. The lowest BCUT2D eigenvalue weighted by molar-refractivity contribution is 0.00193. The van der Waals surface area contributed by atoms with Crippen LogP contribution in [0.1, 0.15) is 47.1 Å². The Balaban J connectivity index is 2.57. The molecular weight excluding hydrogens is 360 g/mol. The zero-order chi connectivity index (χ0) is 20.6. The SMILES string of the molecule is COc1ccc(COCC(O)CO[Si](C(C)C)(C(C)C)C(C)C)cc1OC. The molecule has 0 spiro atoms. The molecule has 0 aromatic heterocycles. The summed E-state index contributed by atoms with van der Waals surface area (Å²) in [5, 5.41) is 10.3. The summed E-state index contributed by atoms with van der Waals surface area (Å²) >= 11 is 0. The number of methoxy groups -OCH3 is 2. The van der Waals surface area contributed by atoms with Crippen molar-refractivity contribution >= 4 is 8.32 Å². The Hall–Kier alpha value is -1.08. The molecular formula is C21H38O5Si. The summed E-state index contributed by atoms with van der Waals surface area (Å²) in [6, 6.07) is 5.67. The maximum Gasteiger partial charge on any atom is 0.200 e. The Morgan fingerprint density at radius 1 is 0.852 bits per heavy atom. The molecule has 6 heteroatoms. The van der Waals surface area contributed by atoms with Gasteiger partial charge < -0.3 is 23.7 Å². The molecule has 5 nitrogen and oxygen atoms in total. The summed E-state index contributed by atoms with van der Waals surface area (Å²) in [6.45, 7) is 14.4. The van der Waals surface area contributed by atoms with Crippen LogP contribution in [0.5, 0.6) is 11.5 Å². The van der Waals surface area contributed by atoms with Gasteiger partial charge in [0, 0.05) is 0 Å². The molecule has 0 saturated carbocycles. The Labute approximate surface area is 166 Å². The smallest absolute Gasteiger partial charge is 0.200 e. The topological polar surface area (TPSA) is 57.2 Å². The van der Waals surface area contributed by atoms with E-state index in [1.54, 1.807) is 14.2 Å². The zero-order valence-electron chi connectivity index (χ0n) is 18.2. The third-order valence-corrected chi connectivity index (χ3v) is 11.3. The molecule has 0 heterocycles. The highest BCUT2D eigenvalue weighted by molar-refractivity contribution is 6.77. The quantitative estimate of drug-likeness (QED) is 0.514. The maximum absolute atomic E-state index is 10.3. The van der Waals surface area contributed by atoms with Crippen LogP contribution in [-0.2, 0) is 15.8 Å². The Kier molecular flexibility index (Phi) is 9.80. The molecule has 0 fully saturated rings. The van der Waals surface area contributed by atoms with Crippen LogP contribution >= 0.6 is 0 Å². The van der Waals surface area contributed by atoms with Gasteiger partial charge in [-0.15, -0.1) is 0 Å². The van der Waals surface area contributed by atoms with Gasteiger partial charge in [-0.05, 0) is 34.3 Å². The van der Waals surface area contributed by atoms with Gasteiger partial charge in [-0.25, -0.2) is 0 Å². The summed E-state index contributed by atoms with van der Waals surface area (Å²) in [4.78, 5) is 0. The van der Waals surface area contributed by atoms with Gasteiger partial charge in [0.2, 0.25) is 0 Å². The summed E-state index contributed by atoms with van der Waals surface area (Å²) in [5.74, 6) is 1.36. The lowest BCUT2D eigenvalue weighted by Gasteiger charge is -2.42. The van der Waals surface area contributed by atoms with Crippen LogP contribution < -0.4 is 9.47 Å². The van der Waals surface area contributed by atoms with E-state index in [2.05, 4.69) is 41.5 Å². The lowest BCUT2D eigenvalue weighted by atomic mass is 10.2. The van der Waals surface area contributed by atoms with Crippen LogP contribution in [0.4, 0.5) is 0 Å². The van der Waals surface area contributed by atoms with Crippen LogP contribution in [0.25, 0.3) is 0 Å². The number of aliphatic hydroxyl groups excluding tert-OH is 1. The molecule has 0 saturated heterocycles. The maximum atomic E-state index is 10.3. The molecule has 0 amide bonds. The number of benzene rings is 1. The largest absolute Gasteiger partial charge is 0.493 e. The third kappa shape index (κ3) is 6.21. The van der Waals surface area contributed by atoms with Crippen molar-refractivity contribution in [1.82, 2.24) is 0 Å². The molecule has 1 rings (SSSR count). The van der Waals surface area contributed by atoms with Crippen molar-refractivity contribution in [2.45, 2.75) is 70.9 Å². The predicted molar refractivity (Wildman–Crippen MR) is 112 cm³/mol. The summed E-state index contributed by atoms with van der Waals surface area (Å²) in [7, 11) is 1.26. The van der Waals surface area contributed by atoms with Crippen molar-refractivity contribution in [3.05, 3.63) is 23.8 Å². The third-order valence-electron chi connectivity index (χ3n) is 5.26. The molecule has 1 aromatic carbocycles. The van der Waals surface area contributed by atoms with Gasteiger partial charge in [-0.1, -0.05) is 47.6 Å². The van der Waals surface area contributed by atoms with Crippen molar-refractivity contribution in [2.75, 3.05) is 27.4 Å².